The molecule has 6 heterocycles. The predicted molar refractivity (Wildman–Crippen MR) is 314 cm³/mol. The van der Waals surface area contributed by atoms with Gasteiger partial charge in [-0.25, -0.2) is 13.9 Å². The van der Waals surface area contributed by atoms with E-state index in [-0.39, 0.29) is 69.3 Å². The summed E-state index contributed by atoms with van der Waals surface area (Å²) in [7, 11) is 4.90. The molecule has 0 radical (unpaired) electrons. The molecule has 5 aliphatic rings. The first-order chi connectivity index (χ1) is 41.5. The molecule has 5 fully saturated rings. The number of aliphatic hydroxyl groups excluding tert-OH is 2. The second-order valence-corrected chi connectivity index (χ2v) is 25.9. The van der Waals surface area contributed by atoms with Crippen molar-refractivity contribution in [2.24, 2.45) is 46.6 Å². The van der Waals surface area contributed by atoms with Gasteiger partial charge in [0.05, 0.1) is 79.6 Å². The van der Waals surface area contributed by atoms with E-state index in [4.69, 9.17) is 56.9 Å². The third-order valence-electron chi connectivity index (χ3n) is 17.8. The molecule has 0 saturated carbocycles. The molecular formula is C62H97FN6O19. The van der Waals surface area contributed by atoms with Gasteiger partial charge >= 0.3 is 18.0 Å². The second kappa shape index (κ2) is 31.0. The van der Waals surface area contributed by atoms with Crippen LogP contribution < -0.4 is 4.90 Å². The summed E-state index contributed by atoms with van der Waals surface area (Å²) in [5, 5.41) is 48.3. The Morgan fingerprint density at radius 2 is 1.58 bits per heavy atom. The number of oxime groups is 1. The average Bonchev–Trinajstić information content (AvgIpc) is 1.32. The SMILES string of the molecule is CO[C@@H]1[C@H](O)[C@@H](C)O[C@@H](OCC(C)[C@H]2OC(=O)[C@H](C)[C@@H](O[C@H]3C[C@@H](C)N(C)C[C@H](C)O3)[C@H](C)[C@@H](O[C@@H]3O[C@H](C)CC(=NOCc4cn(C[C@H]5CN(c6cccc(F)c6)C(=O)O5)nn4)[C@H]3O)[C@@H](C)C[C@](C)(O)C(=O)[C@H](C)[C@H](OC(=O)CC(C)C)[C@H]2C)[C@@H]1OC. The van der Waals surface area contributed by atoms with Gasteiger partial charge in [0.25, 0.3) is 0 Å². The highest BCUT2D eigenvalue weighted by Gasteiger charge is 2.51. The number of carbonyl (C=O) groups is 4. The minimum absolute atomic E-state index is 0.00354. The summed E-state index contributed by atoms with van der Waals surface area (Å²) in [5.74, 6) is -7.89. The fraction of sp³-hybridized carbons (Fsp3) is 0.790. The molecule has 5 saturated heterocycles. The predicted octanol–water partition coefficient (Wildman–Crippen LogP) is 5.60. The zero-order valence-electron chi connectivity index (χ0n) is 54.0. The summed E-state index contributed by atoms with van der Waals surface area (Å²) in [6.45, 7) is 23.7. The number of ketones is 1. The highest BCUT2D eigenvalue weighted by Crippen LogP contribution is 2.40. The summed E-state index contributed by atoms with van der Waals surface area (Å²) in [4.78, 5) is 66.3. The highest BCUT2D eigenvalue weighted by molar-refractivity contribution is 5.90. The van der Waals surface area contributed by atoms with Crippen molar-refractivity contribution < 1.29 is 95.8 Å². The third-order valence-corrected chi connectivity index (χ3v) is 17.8. The van der Waals surface area contributed by atoms with E-state index < -0.39 is 157 Å². The van der Waals surface area contributed by atoms with Crippen molar-refractivity contribution in [1.82, 2.24) is 19.9 Å². The zero-order chi connectivity index (χ0) is 64.6. The van der Waals surface area contributed by atoms with Crippen LogP contribution in [0.4, 0.5) is 14.9 Å². The fourth-order valence-electron chi connectivity index (χ4n) is 12.9. The van der Waals surface area contributed by atoms with Gasteiger partial charge in [-0.2, -0.15) is 0 Å². The summed E-state index contributed by atoms with van der Waals surface area (Å²) in [6.07, 6.45) is -12.7. The number of benzene rings is 1. The molecule has 1 unspecified atom stereocenters. The zero-order valence-corrected chi connectivity index (χ0v) is 54.0. The molecule has 26 heteroatoms. The van der Waals surface area contributed by atoms with Crippen LogP contribution in [0.25, 0.3) is 0 Å². The molecule has 1 amide bonds. The number of methoxy groups -OCH3 is 2. The lowest BCUT2D eigenvalue weighted by Gasteiger charge is -2.44. The van der Waals surface area contributed by atoms with Crippen molar-refractivity contribution in [3.8, 4) is 0 Å². The lowest BCUT2D eigenvalue weighted by Crippen LogP contribution is -2.59. The number of amides is 1. The largest absolute Gasteiger partial charge is 0.461 e. The summed E-state index contributed by atoms with van der Waals surface area (Å²) >= 11 is 0. The molecule has 1 aromatic carbocycles. The van der Waals surface area contributed by atoms with Crippen LogP contribution in [-0.4, -0.2) is 209 Å². The van der Waals surface area contributed by atoms with E-state index in [0.717, 1.165) is 0 Å². The van der Waals surface area contributed by atoms with Gasteiger partial charge in [0.15, 0.2) is 31.3 Å². The molecule has 0 bridgehead atoms. The Bertz CT molecular complexity index is 2650. The third kappa shape index (κ3) is 17.6. The van der Waals surface area contributed by atoms with Crippen molar-refractivity contribution >= 4 is 35.2 Å². The topological polar surface area (TPSA) is 289 Å². The maximum atomic E-state index is 15.4. The van der Waals surface area contributed by atoms with Crippen molar-refractivity contribution in [2.75, 3.05) is 45.9 Å². The molecule has 3 N–H and O–H groups in total. The average molecular weight is 1250 g/mol. The molecule has 1 aromatic heterocycles. The molecular weight excluding hydrogens is 1150 g/mol. The Balaban J connectivity index is 1.18. The van der Waals surface area contributed by atoms with Crippen molar-refractivity contribution in [1.29, 1.82) is 0 Å². The van der Waals surface area contributed by atoms with E-state index >= 15 is 9.59 Å². The van der Waals surface area contributed by atoms with Gasteiger partial charge in [0.2, 0.25) is 0 Å². The molecule has 0 aliphatic carbocycles. The van der Waals surface area contributed by atoms with E-state index in [1.165, 1.54) is 48.9 Å². The van der Waals surface area contributed by atoms with Crippen molar-refractivity contribution in [3.63, 3.8) is 0 Å². The lowest BCUT2D eigenvalue weighted by molar-refractivity contribution is -0.305. The van der Waals surface area contributed by atoms with Gasteiger partial charge < -0.3 is 77.2 Å². The van der Waals surface area contributed by atoms with Crippen LogP contribution in [0.1, 0.15) is 121 Å². The molecule has 25 nitrogen and oxygen atoms in total. The number of anilines is 1. The van der Waals surface area contributed by atoms with Crippen LogP contribution in [0.2, 0.25) is 0 Å². The number of nitrogens with zero attached hydrogens (tertiary/aromatic N) is 6. The number of hydrogen-bond acceptors (Lipinski definition) is 23. The fourth-order valence-corrected chi connectivity index (χ4v) is 12.9. The Hall–Kier alpha value is -4.84. The Morgan fingerprint density at radius 3 is 2.26 bits per heavy atom. The van der Waals surface area contributed by atoms with E-state index in [1.54, 1.807) is 60.7 Å². The molecule has 0 spiro atoms. The van der Waals surface area contributed by atoms with E-state index in [9.17, 15) is 29.3 Å². The molecule has 5 aliphatic heterocycles. The standard InChI is InChI=1S/C62H97FN6O19/c1-31(2)20-47(70)85-53-38(9)52(33(4)29-79-60-56(78-16)55(77-15)49(71)41(12)83-60)87-58(74)40(11)54(86-48-21-34(5)67(14)25-36(7)81-48)37(8)51(32(3)24-62(13,76)57(73)39(53)10)88-59-50(72)46(22-35(6)82-59)65-80-30-43-26-68(66-64-43)27-45-28-69(61(75)84-45)44-19-17-18-42(63)23-44/h17-19,23,26,31-41,45,48-56,59-60,71-72,76H,20-22,24-25,27-30H2,1-16H3/t32-,33?,34+,35+,36-,37+,38-,39+,40+,41+,45-,48-,49+,50+,51-,52+,53+,54-,55+,56+,59-,60+,62-/m0/s1. The van der Waals surface area contributed by atoms with Crippen molar-refractivity contribution in [3.05, 3.63) is 42.0 Å². The monoisotopic (exact) mass is 1250 g/mol. The first kappa shape index (κ1) is 70.6. The van der Waals surface area contributed by atoms with E-state index in [0.29, 0.717) is 24.3 Å². The quantitative estimate of drug-likeness (QED) is 0.0876. The van der Waals surface area contributed by atoms with Crippen molar-refractivity contribution in [2.45, 2.75) is 233 Å². The number of hydrogen-bond donors (Lipinski definition) is 3. The van der Waals surface area contributed by atoms with E-state index in [2.05, 4.69) is 27.3 Å². The number of ether oxygens (including phenoxy) is 11. The van der Waals surface area contributed by atoms with Gasteiger partial charge in [-0.3, -0.25) is 19.3 Å². The second-order valence-electron chi connectivity index (χ2n) is 25.9. The molecule has 2 aromatic rings. The smallest absolute Gasteiger partial charge is 0.414 e. The van der Waals surface area contributed by atoms with Gasteiger partial charge in [-0.15, -0.1) is 5.10 Å². The Labute approximate surface area is 516 Å². The van der Waals surface area contributed by atoms with Crippen LogP contribution in [0.3, 0.4) is 0 Å². The van der Waals surface area contributed by atoms with Crippen LogP contribution in [0, 0.1) is 47.2 Å². The lowest BCUT2D eigenvalue weighted by atomic mass is 9.74. The maximum Gasteiger partial charge on any atom is 0.414 e. The van der Waals surface area contributed by atoms with Crippen LogP contribution >= 0.6 is 0 Å². The number of aliphatic hydroxyl groups is 3. The minimum Gasteiger partial charge on any atom is -0.461 e. The first-order valence-electron chi connectivity index (χ1n) is 31.0. The number of rotatable bonds is 19. The van der Waals surface area contributed by atoms with Gasteiger partial charge in [-0.05, 0) is 85.0 Å². The minimum atomic E-state index is -2.09. The molecule has 88 heavy (non-hydrogen) atoms. The van der Waals surface area contributed by atoms with Gasteiger partial charge in [0, 0.05) is 63.8 Å². The number of Topliss-reactive ketones (excluding diaryl/α,β-unsaturated/α-hetero) is 1. The van der Waals surface area contributed by atoms with Gasteiger partial charge in [0.1, 0.15) is 59.8 Å². The molecule has 23 atom stereocenters. The number of aromatic nitrogens is 3. The molecule has 7 rings (SSSR count). The number of esters is 2. The van der Waals surface area contributed by atoms with Crippen LogP contribution in [-0.2, 0) is 84.5 Å². The van der Waals surface area contributed by atoms with Gasteiger partial charge in [-0.1, -0.05) is 64.9 Å². The summed E-state index contributed by atoms with van der Waals surface area (Å²) < 4.78 is 84.7. The van der Waals surface area contributed by atoms with E-state index in [1.807, 2.05) is 34.7 Å². The number of halogens is 1. The maximum absolute atomic E-state index is 15.4. The first-order valence-corrected chi connectivity index (χ1v) is 31.0. The van der Waals surface area contributed by atoms with Crippen LogP contribution in [0.5, 0.6) is 0 Å². The highest BCUT2D eigenvalue weighted by atomic mass is 19.1. The number of cyclic esters (lactones) is 2. The molecule has 496 valence electrons. The Kier molecular flexibility index (Phi) is 24.9. The summed E-state index contributed by atoms with van der Waals surface area (Å²) in [5.41, 5.74) is -1.17. The van der Waals surface area contributed by atoms with Crippen LogP contribution in [0.15, 0.2) is 35.6 Å². The number of carbonyl (C=O) groups excluding carboxylic acids is 4. The number of likely N-dealkylation sites (N-methyl/N-ethyl adjacent to an activating group) is 1. The normalized spacial score (nSPS) is 38.5. The Morgan fingerprint density at radius 1 is 0.864 bits per heavy atom. The summed E-state index contributed by atoms with van der Waals surface area (Å²) in [6, 6.07) is 5.66.